The van der Waals surface area contributed by atoms with E-state index in [9.17, 15) is 9.50 Å². The number of phenolic OH excluding ortho intramolecular Hbond substituents is 1. The Morgan fingerprint density at radius 3 is 2.65 bits per heavy atom. The van der Waals surface area contributed by atoms with Crippen molar-refractivity contribution >= 4 is 28.7 Å². The highest BCUT2D eigenvalue weighted by atomic mass is 19.1. The van der Waals surface area contributed by atoms with Crippen molar-refractivity contribution in [2.45, 2.75) is 90.9 Å². The number of aromatic hydroxyl groups is 1. The molecule has 0 bridgehead atoms. The Morgan fingerprint density at radius 1 is 1.12 bits per heavy atom. The lowest BCUT2D eigenvalue weighted by molar-refractivity contribution is 0.169. The molecule has 1 saturated heterocycles. The number of aromatic nitrogens is 2. The molecule has 6 rings (SSSR count). The summed E-state index contributed by atoms with van der Waals surface area (Å²) in [6.07, 6.45) is 13.8. The van der Waals surface area contributed by atoms with Crippen molar-refractivity contribution in [3.8, 4) is 11.8 Å². The zero-order valence-corrected chi connectivity index (χ0v) is 26.0. The van der Waals surface area contributed by atoms with Crippen molar-refractivity contribution in [3.05, 3.63) is 51.9 Å². The number of halogens is 1. The van der Waals surface area contributed by atoms with Gasteiger partial charge in [0.1, 0.15) is 11.6 Å². The van der Waals surface area contributed by atoms with E-state index in [0.717, 1.165) is 92.6 Å². The van der Waals surface area contributed by atoms with E-state index in [0.29, 0.717) is 36.1 Å². The van der Waals surface area contributed by atoms with E-state index >= 15 is 0 Å². The third kappa shape index (κ3) is 6.38. The number of hydrogen-bond donors (Lipinski definition) is 1. The van der Waals surface area contributed by atoms with Crippen molar-refractivity contribution in [1.29, 1.82) is 0 Å². The van der Waals surface area contributed by atoms with Gasteiger partial charge in [-0.3, -0.25) is 0 Å². The fourth-order valence-electron chi connectivity index (χ4n) is 6.89. The summed E-state index contributed by atoms with van der Waals surface area (Å²) in [6.45, 7) is 7.65. The van der Waals surface area contributed by atoms with Crippen molar-refractivity contribution < 1.29 is 17.0 Å². The first-order chi connectivity index (χ1) is 21.7. The minimum absolute atomic E-state index is 0.0722. The fourth-order valence-corrected chi connectivity index (χ4v) is 6.89. The van der Waals surface area contributed by atoms with E-state index < -0.39 is 12.0 Å². The van der Waals surface area contributed by atoms with Gasteiger partial charge in [0.2, 0.25) is 0 Å². The Balaban J connectivity index is 1.43. The second kappa shape index (κ2) is 12.8. The smallest absolute Gasteiger partial charge is 0.317 e. The lowest BCUT2D eigenvalue weighted by Crippen LogP contribution is -2.42. The summed E-state index contributed by atoms with van der Waals surface area (Å²) in [5.41, 5.74) is 1.67. The van der Waals surface area contributed by atoms with Crippen LogP contribution in [0.15, 0.2) is 24.3 Å². The molecule has 1 unspecified atom stereocenters. The highest BCUT2D eigenvalue weighted by molar-refractivity contribution is 6.00. The number of anilines is 1. The zero-order valence-electron chi connectivity index (χ0n) is 28.0. The van der Waals surface area contributed by atoms with Crippen LogP contribution >= 0.6 is 0 Å². The van der Waals surface area contributed by atoms with Crippen molar-refractivity contribution in [2.75, 3.05) is 37.6 Å². The van der Waals surface area contributed by atoms with Gasteiger partial charge in [-0.25, -0.2) is 4.39 Å². The SMILES string of the molecule is [2H]C([2H])(Oc1nc(C(CC)CCCCC)c2c(n1)=CN(c1cc(O)cc3ccc(F)c(CC)c13)CC=2)C1(CN2CCCC2)CC1. The van der Waals surface area contributed by atoms with Gasteiger partial charge < -0.3 is 19.6 Å². The molecule has 3 aromatic rings. The van der Waals surface area contributed by atoms with E-state index in [4.69, 9.17) is 17.4 Å². The van der Waals surface area contributed by atoms with Gasteiger partial charge in [0.25, 0.3) is 0 Å². The molecule has 0 spiro atoms. The second-order valence-corrected chi connectivity index (χ2v) is 12.7. The van der Waals surface area contributed by atoms with Crippen LogP contribution in [-0.4, -0.2) is 52.7 Å². The standard InChI is InChI=1S/C36H47FN4O2/c1-4-7-8-11-25(5-2)34-29-14-19-41(32-21-27(42)20-26-12-13-30(37)28(6-3)33(26)32)22-31(29)38-35(39-34)43-24-36(15-16-36)23-40-17-9-10-18-40/h12-14,20-22,25,42H,4-11,15-19,23-24H2,1-3H3/i24D2. The number of rotatable bonds is 13. The van der Waals surface area contributed by atoms with Crippen LogP contribution in [0.1, 0.15) is 98.5 Å². The molecular weight excluding hydrogens is 539 g/mol. The van der Waals surface area contributed by atoms with E-state index in [1.165, 1.54) is 6.07 Å². The Morgan fingerprint density at radius 2 is 1.93 bits per heavy atom. The summed E-state index contributed by atoms with van der Waals surface area (Å²) >= 11 is 0. The molecule has 1 aliphatic carbocycles. The van der Waals surface area contributed by atoms with Crippen LogP contribution in [0.25, 0.3) is 23.0 Å². The molecule has 6 nitrogen and oxygen atoms in total. The van der Waals surface area contributed by atoms with Crippen molar-refractivity contribution in [1.82, 2.24) is 14.9 Å². The summed E-state index contributed by atoms with van der Waals surface area (Å²) in [5.74, 6) is 0.0434. The van der Waals surface area contributed by atoms with Gasteiger partial charge in [-0.15, -0.1) is 0 Å². The maximum absolute atomic E-state index is 15.0. The number of ether oxygens (including phenoxy) is 1. The first-order valence-electron chi connectivity index (χ1n) is 17.4. The molecule has 43 heavy (non-hydrogen) atoms. The number of fused-ring (bicyclic) bond motifs is 2. The quantitative estimate of drug-likeness (QED) is 0.233. The van der Waals surface area contributed by atoms with Crippen LogP contribution in [0.3, 0.4) is 0 Å². The highest BCUT2D eigenvalue weighted by Gasteiger charge is 2.45. The van der Waals surface area contributed by atoms with Crippen LogP contribution in [0.2, 0.25) is 0 Å². The molecule has 2 aromatic carbocycles. The number of likely N-dealkylation sites (tertiary alicyclic amines) is 1. The molecule has 0 radical (unpaired) electrons. The van der Waals surface area contributed by atoms with Gasteiger partial charge in [-0.05, 0) is 81.1 Å². The van der Waals surface area contributed by atoms with E-state index in [1.807, 2.05) is 18.0 Å². The normalized spacial score (nSPS) is 19.3. The van der Waals surface area contributed by atoms with Crippen molar-refractivity contribution in [3.63, 3.8) is 0 Å². The second-order valence-electron chi connectivity index (χ2n) is 12.7. The zero-order chi connectivity index (χ0) is 31.8. The molecule has 1 aromatic heterocycles. The Bertz CT molecular complexity index is 1670. The molecule has 1 saturated carbocycles. The molecular formula is C36H47FN4O2. The molecule has 230 valence electrons. The van der Waals surface area contributed by atoms with Gasteiger partial charge in [-0.1, -0.05) is 52.2 Å². The number of unbranched alkanes of at least 4 members (excludes halogenated alkanes) is 2. The van der Waals surface area contributed by atoms with Gasteiger partial charge in [0.15, 0.2) is 0 Å². The third-order valence-electron chi connectivity index (χ3n) is 9.52. The molecule has 3 aliphatic rings. The summed E-state index contributed by atoms with van der Waals surface area (Å²) in [5, 5.41) is 13.8. The van der Waals surface area contributed by atoms with E-state index in [2.05, 4.69) is 24.8 Å². The summed E-state index contributed by atoms with van der Waals surface area (Å²) in [7, 11) is 0. The third-order valence-corrected chi connectivity index (χ3v) is 9.52. The van der Waals surface area contributed by atoms with E-state index in [1.54, 1.807) is 18.2 Å². The van der Waals surface area contributed by atoms with Gasteiger partial charge in [0.05, 0.1) is 26.0 Å². The summed E-state index contributed by atoms with van der Waals surface area (Å²) in [4.78, 5) is 14.1. The van der Waals surface area contributed by atoms with Gasteiger partial charge in [0, 0.05) is 47.3 Å². The lowest BCUT2D eigenvalue weighted by atomic mass is 9.93. The van der Waals surface area contributed by atoms with Crippen LogP contribution in [0, 0.1) is 11.2 Å². The molecule has 3 heterocycles. The number of aryl methyl sites for hydroxylation is 1. The number of nitrogens with zero attached hydrogens (tertiary/aromatic N) is 4. The summed E-state index contributed by atoms with van der Waals surface area (Å²) in [6, 6.07) is 6.60. The molecule has 0 amide bonds. The first-order valence-corrected chi connectivity index (χ1v) is 16.4. The van der Waals surface area contributed by atoms with Crippen LogP contribution in [-0.2, 0) is 6.42 Å². The molecule has 7 heteroatoms. The minimum Gasteiger partial charge on any atom is -0.508 e. The molecule has 2 fully saturated rings. The molecule has 2 aliphatic heterocycles. The first kappa shape index (κ1) is 27.4. The predicted octanol–water partition coefficient (Wildman–Crippen LogP) is 6.40. The summed E-state index contributed by atoms with van der Waals surface area (Å²) < 4.78 is 39.4. The monoisotopic (exact) mass is 588 g/mol. The predicted molar refractivity (Wildman–Crippen MR) is 173 cm³/mol. The fraction of sp³-hybridized carbons (Fsp3) is 0.556. The highest BCUT2D eigenvalue weighted by Crippen LogP contribution is 2.47. The average molecular weight is 589 g/mol. The van der Waals surface area contributed by atoms with Gasteiger partial charge >= 0.3 is 6.01 Å². The Labute approximate surface area is 258 Å². The maximum Gasteiger partial charge on any atom is 0.317 e. The topological polar surface area (TPSA) is 61.7 Å². The van der Waals surface area contributed by atoms with Crippen LogP contribution < -0.4 is 20.2 Å². The lowest BCUT2D eigenvalue weighted by Gasteiger charge is -2.26. The molecule has 1 atom stereocenters. The molecule has 1 N–H and O–H groups in total. The van der Waals surface area contributed by atoms with Crippen LogP contribution in [0.4, 0.5) is 10.1 Å². The Hall–Kier alpha value is -3.19. The number of benzene rings is 2. The van der Waals surface area contributed by atoms with Crippen LogP contribution in [0.5, 0.6) is 11.8 Å². The van der Waals surface area contributed by atoms with Crippen molar-refractivity contribution in [2.24, 2.45) is 5.41 Å². The number of phenols is 1. The largest absolute Gasteiger partial charge is 0.508 e. The van der Waals surface area contributed by atoms with E-state index in [-0.39, 0.29) is 23.5 Å². The number of hydrogen-bond acceptors (Lipinski definition) is 6. The Kier molecular flexibility index (Phi) is 8.15. The van der Waals surface area contributed by atoms with Gasteiger partial charge in [-0.2, -0.15) is 9.97 Å². The minimum atomic E-state index is -1.90. The average Bonchev–Trinajstić information content (AvgIpc) is 3.64. The maximum atomic E-state index is 15.0.